The zero-order chi connectivity index (χ0) is 19.3. The highest BCUT2D eigenvalue weighted by Crippen LogP contribution is 2.28. The highest BCUT2D eigenvalue weighted by molar-refractivity contribution is 8.04. The Morgan fingerprint density at radius 3 is 2.81 bits per heavy atom. The summed E-state index contributed by atoms with van der Waals surface area (Å²) in [5.74, 6) is -2.82. The Balaban J connectivity index is 2.03. The average molecular weight is 384 g/mol. The molecule has 1 aliphatic heterocycles. The number of rotatable bonds is 6. The summed E-state index contributed by atoms with van der Waals surface area (Å²) >= 11 is 1.13. The summed E-state index contributed by atoms with van der Waals surface area (Å²) in [5.41, 5.74) is 0.129. The second-order valence-corrected chi connectivity index (χ2v) is 6.45. The van der Waals surface area contributed by atoms with Gasteiger partial charge in [0.2, 0.25) is 11.8 Å². The van der Waals surface area contributed by atoms with Crippen LogP contribution in [0.25, 0.3) is 0 Å². The Hall–Kier alpha value is -2.42. The fourth-order valence-electron chi connectivity index (χ4n) is 2.35. The van der Waals surface area contributed by atoms with E-state index in [4.69, 9.17) is 4.74 Å². The van der Waals surface area contributed by atoms with Gasteiger partial charge in [0.15, 0.2) is 0 Å². The molecular weight excluding hydrogens is 366 g/mol. The van der Waals surface area contributed by atoms with E-state index in [0.29, 0.717) is 5.03 Å². The largest absolute Gasteiger partial charge is 0.463 e. The molecule has 0 bridgehead atoms. The summed E-state index contributed by atoms with van der Waals surface area (Å²) in [6.45, 7) is 3.08. The van der Waals surface area contributed by atoms with Crippen LogP contribution in [0.1, 0.15) is 25.5 Å². The van der Waals surface area contributed by atoms with Crippen molar-refractivity contribution in [2.24, 2.45) is 0 Å². The number of amides is 2. The summed E-state index contributed by atoms with van der Waals surface area (Å²) in [6.07, 6.45) is 1.16. The molecule has 140 valence electrons. The first kappa shape index (κ1) is 19.9. The van der Waals surface area contributed by atoms with E-state index in [9.17, 15) is 23.2 Å². The minimum atomic E-state index is -0.770. The van der Waals surface area contributed by atoms with Gasteiger partial charge in [-0.2, -0.15) is 0 Å². The van der Waals surface area contributed by atoms with Gasteiger partial charge in [-0.25, -0.2) is 13.6 Å². The van der Waals surface area contributed by atoms with E-state index in [1.54, 1.807) is 13.8 Å². The maximum Gasteiger partial charge on any atom is 0.333 e. The molecule has 6 nitrogen and oxygen atoms in total. The van der Waals surface area contributed by atoms with Gasteiger partial charge in [-0.3, -0.25) is 14.5 Å². The third-order valence-electron chi connectivity index (χ3n) is 3.55. The quantitative estimate of drug-likeness (QED) is 0.601. The van der Waals surface area contributed by atoms with Gasteiger partial charge in [0.25, 0.3) is 0 Å². The number of thioether (sulfide) groups is 1. The molecule has 0 radical (unpaired) electrons. The average Bonchev–Trinajstić information content (AvgIpc) is 2.87. The molecule has 1 saturated heterocycles. The first-order valence-corrected chi connectivity index (χ1v) is 8.86. The molecule has 2 rings (SSSR count). The molecule has 1 aromatic carbocycles. The number of nitrogens with zero attached hydrogens (tertiary/aromatic N) is 1. The Morgan fingerprint density at radius 1 is 1.42 bits per heavy atom. The lowest BCUT2D eigenvalue weighted by molar-refractivity contribution is -0.137. The number of hydrogen-bond donors (Lipinski definition) is 1. The van der Waals surface area contributed by atoms with Crippen LogP contribution in [0, 0.1) is 11.6 Å². The summed E-state index contributed by atoms with van der Waals surface area (Å²) < 4.78 is 31.5. The fourth-order valence-corrected chi connectivity index (χ4v) is 3.27. The van der Waals surface area contributed by atoms with Gasteiger partial charge in [-0.15, -0.1) is 0 Å². The lowest BCUT2D eigenvalue weighted by Crippen LogP contribution is -2.38. The van der Waals surface area contributed by atoms with Crippen LogP contribution in [0.5, 0.6) is 0 Å². The van der Waals surface area contributed by atoms with Crippen LogP contribution >= 0.6 is 11.8 Å². The van der Waals surface area contributed by atoms with Crippen molar-refractivity contribution in [1.82, 2.24) is 10.2 Å². The molecule has 1 heterocycles. The van der Waals surface area contributed by atoms with E-state index in [0.717, 1.165) is 30.0 Å². The van der Waals surface area contributed by atoms with E-state index in [1.165, 1.54) is 11.0 Å². The Labute approximate surface area is 153 Å². The van der Waals surface area contributed by atoms with Crippen LogP contribution in [0.2, 0.25) is 0 Å². The molecule has 1 aromatic rings. The summed E-state index contributed by atoms with van der Waals surface area (Å²) in [5, 5.41) is 2.88. The van der Waals surface area contributed by atoms with Crippen LogP contribution < -0.4 is 5.32 Å². The molecular formula is C17H18F2N2O4S. The molecule has 26 heavy (non-hydrogen) atoms. The smallest absolute Gasteiger partial charge is 0.333 e. The molecule has 2 amide bonds. The first-order valence-electron chi connectivity index (χ1n) is 7.87. The van der Waals surface area contributed by atoms with Gasteiger partial charge < -0.3 is 10.1 Å². The minimum absolute atomic E-state index is 0.112. The SMILES string of the molecule is CCOC(=O)/C=C1/SCC(=O)N1CC(=O)NC(C)c1ccc(F)cc1F. The molecule has 0 spiro atoms. The highest BCUT2D eigenvalue weighted by atomic mass is 32.2. The van der Waals surface area contributed by atoms with E-state index in [-0.39, 0.29) is 30.4 Å². The van der Waals surface area contributed by atoms with E-state index >= 15 is 0 Å². The van der Waals surface area contributed by atoms with E-state index in [2.05, 4.69) is 5.32 Å². The van der Waals surface area contributed by atoms with Crippen LogP contribution in [-0.4, -0.2) is 41.6 Å². The third kappa shape index (κ3) is 5.04. The molecule has 1 N–H and O–H groups in total. The summed E-state index contributed by atoms with van der Waals surface area (Å²) in [6, 6.07) is 2.37. The summed E-state index contributed by atoms with van der Waals surface area (Å²) in [4.78, 5) is 36.9. The zero-order valence-electron chi connectivity index (χ0n) is 14.3. The second kappa shape index (κ2) is 8.79. The lowest BCUT2D eigenvalue weighted by atomic mass is 10.1. The van der Waals surface area contributed by atoms with Crippen LogP contribution in [0.4, 0.5) is 8.78 Å². The topological polar surface area (TPSA) is 75.7 Å². The van der Waals surface area contributed by atoms with Crippen LogP contribution in [-0.2, 0) is 19.1 Å². The van der Waals surface area contributed by atoms with Crippen molar-refractivity contribution in [3.05, 3.63) is 46.5 Å². The highest BCUT2D eigenvalue weighted by Gasteiger charge is 2.29. The maximum atomic E-state index is 13.8. The first-order chi connectivity index (χ1) is 12.3. The number of esters is 1. The second-order valence-electron chi connectivity index (χ2n) is 5.46. The standard InChI is InChI=1S/C17H18F2N2O4S/c1-3-25-17(24)7-16-21(15(23)9-26-16)8-14(22)20-10(2)12-5-4-11(18)6-13(12)19/h4-7,10H,3,8-9H2,1-2H3,(H,20,22)/b16-7+. The number of halogens is 2. The zero-order valence-corrected chi connectivity index (χ0v) is 15.1. The van der Waals surface area contributed by atoms with Crippen molar-refractivity contribution in [1.29, 1.82) is 0 Å². The molecule has 1 fully saturated rings. The number of ether oxygens (including phenoxy) is 1. The normalized spacial score (nSPS) is 16.7. The maximum absolute atomic E-state index is 13.8. The van der Waals surface area contributed by atoms with Gasteiger partial charge in [0, 0.05) is 11.6 Å². The van der Waals surface area contributed by atoms with Crippen molar-refractivity contribution in [2.45, 2.75) is 19.9 Å². The van der Waals surface area contributed by atoms with Crippen LogP contribution in [0.15, 0.2) is 29.3 Å². The van der Waals surface area contributed by atoms with Crippen molar-refractivity contribution in [3.63, 3.8) is 0 Å². The van der Waals surface area contributed by atoms with Crippen molar-refractivity contribution in [3.8, 4) is 0 Å². The van der Waals surface area contributed by atoms with Crippen molar-refractivity contribution in [2.75, 3.05) is 18.9 Å². The lowest BCUT2D eigenvalue weighted by Gasteiger charge is -2.19. The van der Waals surface area contributed by atoms with Crippen LogP contribution in [0.3, 0.4) is 0 Å². The predicted octanol–water partition coefficient (Wildman–Crippen LogP) is 2.12. The predicted molar refractivity (Wildman–Crippen MR) is 91.8 cm³/mol. The van der Waals surface area contributed by atoms with Gasteiger partial charge in [-0.05, 0) is 19.9 Å². The monoisotopic (exact) mass is 384 g/mol. The number of benzene rings is 1. The summed E-state index contributed by atoms with van der Waals surface area (Å²) in [7, 11) is 0. The molecule has 1 aliphatic rings. The molecule has 0 saturated carbocycles. The molecule has 1 atom stereocenters. The number of carbonyl (C=O) groups excluding carboxylic acids is 3. The van der Waals surface area contributed by atoms with Gasteiger partial charge in [0.05, 0.1) is 29.5 Å². The molecule has 0 aliphatic carbocycles. The molecule has 0 aromatic heterocycles. The Bertz CT molecular complexity index is 754. The number of carbonyl (C=O) groups is 3. The van der Waals surface area contributed by atoms with Crippen molar-refractivity contribution >= 4 is 29.5 Å². The van der Waals surface area contributed by atoms with Gasteiger partial charge in [-0.1, -0.05) is 17.8 Å². The fraction of sp³-hybridized carbons (Fsp3) is 0.353. The van der Waals surface area contributed by atoms with E-state index in [1.807, 2.05) is 0 Å². The Kier molecular flexibility index (Phi) is 6.73. The van der Waals surface area contributed by atoms with Gasteiger partial charge >= 0.3 is 5.97 Å². The minimum Gasteiger partial charge on any atom is -0.463 e. The number of hydrogen-bond acceptors (Lipinski definition) is 5. The van der Waals surface area contributed by atoms with E-state index < -0.39 is 29.6 Å². The molecule has 1 unspecified atom stereocenters. The van der Waals surface area contributed by atoms with Crippen molar-refractivity contribution < 1.29 is 27.9 Å². The van der Waals surface area contributed by atoms with Gasteiger partial charge in [0.1, 0.15) is 18.2 Å². The third-order valence-corrected chi connectivity index (χ3v) is 4.57. The number of nitrogens with one attached hydrogen (secondary N) is 1. The Morgan fingerprint density at radius 2 is 2.15 bits per heavy atom. The molecule has 9 heteroatoms.